The third-order valence-electron chi connectivity index (χ3n) is 2.94. The van der Waals surface area contributed by atoms with Crippen LogP contribution in [0.3, 0.4) is 0 Å². The second-order valence-corrected chi connectivity index (χ2v) is 9.73. The third-order valence-corrected chi connectivity index (χ3v) is 5.24. The number of hydrogen-bond donors (Lipinski definition) is 0. The minimum absolute atomic E-state index is 0. The molecule has 0 fully saturated rings. The van der Waals surface area contributed by atoms with E-state index in [0.717, 1.165) is 5.92 Å². The summed E-state index contributed by atoms with van der Waals surface area (Å²) in [7, 11) is 0.203. The van der Waals surface area contributed by atoms with E-state index in [1.165, 1.54) is 12.6 Å². The number of hydrogen-bond acceptors (Lipinski definition) is 0. The molecular formula is C13H25Cl3PZr. The van der Waals surface area contributed by atoms with E-state index in [1.54, 1.807) is 33.6 Å². The Morgan fingerprint density at radius 1 is 1.22 bits per heavy atom. The molecule has 0 heterocycles. The Morgan fingerprint density at radius 2 is 1.72 bits per heavy atom. The first-order valence-corrected chi connectivity index (χ1v) is 9.23. The maximum Gasteiger partial charge on any atom is -0.147 e. The molecule has 5 heteroatoms. The van der Waals surface area contributed by atoms with Crippen molar-refractivity contribution in [1.82, 2.24) is 0 Å². The fraction of sp³-hybridized carbons (Fsp3) is 0.692. The Labute approximate surface area is 148 Å². The summed E-state index contributed by atoms with van der Waals surface area (Å²) in [6.45, 7) is 12.0. The van der Waals surface area contributed by atoms with Crippen molar-refractivity contribution >= 4 is 45.1 Å². The fourth-order valence-electron chi connectivity index (χ4n) is 2.05. The van der Waals surface area contributed by atoms with Crippen LogP contribution in [0.15, 0.2) is 21.0 Å². The van der Waals surface area contributed by atoms with Gasteiger partial charge in [0.2, 0.25) is 0 Å². The van der Waals surface area contributed by atoms with Crippen molar-refractivity contribution in [2.45, 2.75) is 27.2 Å². The molecule has 18 heavy (non-hydrogen) atoms. The minimum atomic E-state index is 0. The minimum Gasteiger partial charge on any atom is -0.147 e. The molecule has 0 aromatic carbocycles. The zero-order valence-electron chi connectivity index (χ0n) is 11.8. The summed E-state index contributed by atoms with van der Waals surface area (Å²) in [5.41, 5.74) is 2.08. The SMILES string of the molecule is CP(C)CC(C1=[C]([Zr])CC=C1)C(C)(C)C.Cl.Cl.Cl. The van der Waals surface area contributed by atoms with Gasteiger partial charge in [-0.2, -0.15) is 0 Å². The van der Waals surface area contributed by atoms with Crippen molar-refractivity contribution in [3.05, 3.63) is 21.0 Å². The van der Waals surface area contributed by atoms with Gasteiger partial charge in [-0.15, -0.1) is 37.2 Å². The van der Waals surface area contributed by atoms with Crippen LogP contribution in [0.2, 0.25) is 0 Å². The summed E-state index contributed by atoms with van der Waals surface area (Å²) in [4.78, 5) is 0. The van der Waals surface area contributed by atoms with E-state index in [1.807, 2.05) is 0 Å². The van der Waals surface area contributed by atoms with E-state index < -0.39 is 0 Å². The first-order valence-electron chi connectivity index (χ1n) is 5.58. The van der Waals surface area contributed by atoms with Crippen molar-refractivity contribution in [3.8, 4) is 0 Å². The van der Waals surface area contributed by atoms with E-state index in [4.69, 9.17) is 0 Å². The van der Waals surface area contributed by atoms with Gasteiger partial charge in [0.05, 0.1) is 0 Å². The molecule has 0 aromatic heterocycles. The van der Waals surface area contributed by atoms with Crippen LogP contribution in [-0.4, -0.2) is 19.5 Å². The van der Waals surface area contributed by atoms with Gasteiger partial charge in [-0.3, -0.25) is 0 Å². The van der Waals surface area contributed by atoms with E-state index in [9.17, 15) is 0 Å². The number of allylic oxidation sites excluding steroid dienone is 4. The topological polar surface area (TPSA) is 0 Å². The molecule has 0 bridgehead atoms. The molecule has 0 spiro atoms. The molecule has 0 amide bonds. The Balaban J connectivity index is -0.000000750. The maximum atomic E-state index is 2.40. The van der Waals surface area contributed by atoms with Gasteiger partial charge < -0.3 is 0 Å². The summed E-state index contributed by atoms with van der Waals surface area (Å²) in [6, 6.07) is 0. The first kappa shape index (κ1) is 24.7. The van der Waals surface area contributed by atoms with Crippen molar-refractivity contribution in [2.24, 2.45) is 11.3 Å². The Hall–Kier alpha value is 1.66. The molecule has 1 atom stereocenters. The van der Waals surface area contributed by atoms with E-state index in [0.29, 0.717) is 5.41 Å². The van der Waals surface area contributed by atoms with Crippen LogP contribution in [0.1, 0.15) is 27.2 Å². The molecule has 1 unspecified atom stereocenters. The van der Waals surface area contributed by atoms with E-state index in [-0.39, 0.29) is 45.1 Å². The summed E-state index contributed by atoms with van der Waals surface area (Å²) in [5, 5.41) is 0. The second kappa shape index (κ2) is 10.4. The van der Waals surface area contributed by atoms with Crippen LogP contribution in [-0.2, 0) is 24.7 Å². The number of rotatable bonds is 3. The van der Waals surface area contributed by atoms with Crippen molar-refractivity contribution in [2.75, 3.05) is 19.5 Å². The predicted octanol–water partition coefficient (Wildman–Crippen LogP) is 5.42. The molecule has 0 saturated carbocycles. The molecule has 1 rings (SSSR count). The summed E-state index contributed by atoms with van der Waals surface area (Å²) in [6.07, 6.45) is 7.33. The van der Waals surface area contributed by atoms with Crippen LogP contribution in [0.25, 0.3) is 0 Å². The summed E-state index contributed by atoms with van der Waals surface area (Å²) in [5.74, 6) is 0.770. The summed E-state index contributed by atoms with van der Waals surface area (Å²) < 4.78 is 1.68. The van der Waals surface area contributed by atoms with Crippen LogP contribution in [0, 0.1) is 11.3 Å². The smallest absolute Gasteiger partial charge is 0.147 e. The van der Waals surface area contributed by atoms with Gasteiger partial charge in [0.25, 0.3) is 0 Å². The molecule has 0 saturated heterocycles. The van der Waals surface area contributed by atoms with Gasteiger partial charge in [0, 0.05) is 0 Å². The standard InChI is InChI=1S/C13H22P.3ClH.Zr/c1-13(2,3)12(10-14(4)5)11-8-6-7-9-11;;;;/h6,8,12H,7,10H2,1-5H3;3*1H;. The molecule has 0 aromatic rings. The van der Waals surface area contributed by atoms with Gasteiger partial charge in [-0.05, 0) is 0 Å². The van der Waals surface area contributed by atoms with Crippen LogP contribution in [0.5, 0.6) is 0 Å². The molecule has 0 nitrogen and oxygen atoms in total. The van der Waals surface area contributed by atoms with Gasteiger partial charge in [0.1, 0.15) is 0 Å². The average Bonchev–Trinajstić information content (AvgIpc) is 2.45. The normalized spacial score (nSPS) is 15.8. The van der Waals surface area contributed by atoms with Crippen LogP contribution < -0.4 is 0 Å². The molecule has 1 aliphatic rings. The molecule has 1 aliphatic carbocycles. The fourth-order valence-corrected chi connectivity index (χ4v) is 4.45. The molecule has 0 radical (unpaired) electrons. The molecule has 0 aliphatic heterocycles. The first-order chi connectivity index (χ1) is 6.82. The van der Waals surface area contributed by atoms with Crippen molar-refractivity contribution < 1.29 is 24.7 Å². The number of halogens is 3. The zero-order chi connectivity index (χ0) is 11.6. The van der Waals surface area contributed by atoms with Crippen LogP contribution >= 0.6 is 45.1 Å². The third kappa shape index (κ3) is 7.45. The molecular weight excluding hydrogens is 385 g/mol. The zero-order valence-corrected chi connectivity index (χ0v) is 17.6. The Morgan fingerprint density at radius 3 is 2.00 bits per heavy atom. The van der Waals surface area contributed by atoms with Crippen molar-refractivity contribution in [1.29, 1.82) is 0 Å². The summed E-state index contributed by atoms with van der Waals surface area (Å²) >= 11 is 1.61. The monoisotopic (exact) mass is 407 g/mol. The van der Waals surface area contributed by atoms with Crippen molar-refractivity contribution in [3.63, 3.8) is 0 Å². The van der Waals surface area contributed by atoms with Gasteiger partial charge >= 0.3 is 112 Å². The van der Waals surface area contributed by atoms with Gasteiger partial charge in [-0.1, -0.05) is 0 Å². The molecule has 107 valence electrons. The Bertz CT molecular complexity index is 293. The van der Waals surface area contributed by atoms with E-state index in [2.05, 4.69) is 46.3 Å². The van der Waals surface area contributed by atoms with Gasteiger partial charge in [0.15, 0.2) is 0 Å². The maximum absolute atomic E-state index is 2.40. The van der Waals surface area contributed by atoms with Crippen LogP contribution in [0.4, 0.5) is 0 Å². The Kier molecular flexibility index (Phi) is 14.2. The molecule has 0 N–H and O–H groups in total. The quantitative estimate of drug-likeness (QED) is 0.546. The van der Waals surface area contributed by atoms with E-state index >= 15 is 0 Å². The van der Waals surface area contributed by atoms with Gasteiger partial charge in [-0.25, -0.2) is 0 Å². The average molecular weight is 410 g/mol. The second-order valence-electron chi connectivity index (χ2n) is 5.72. The largest absolute Gasteiger partial charge is 0.147 e. The predicted molar refractivity (Wildman–Crippen MR) is 89.1 cm³/mol.